The molecule has 10 heteroatoms. The molecule has 0 saturated carbocycles. The summed E-state index contributed by atoms with van der Waals surface area (Å²) in [6.45, 7) is 9.54. The first-order valence-corrected chi connectivity index (χ1v) is 17.9. The van der Waals surface area contributed by atoms with Crippen LogP contribution in [0.4, 0.5) is 0 Å². The smallest absolute Gasteiger partial charge is 0.341 e. The Balaban J connectivity index is 1.43. The van der Waals surface area contributed by atoms with Crippen LogP contribution in [-0.2, 0) is 22.4 Å². The van der Waals surface area contributed by atoms with Crippen LogP contribution in [0, 0.1) is 13.8 Å². The first-order chi connectivity index (χ1) is 23.1. The molecule has 1 aliphatic carbocycles. The summed E-state index contributed by atoms with van der Waals surface area (Å²) in [6.07, 6.45) is 5.91. The van der Waals surface area contributed by atoms with Gasteiger partial charge < -0.3 is 14.0 Å². The van der Waals surface area contributed by atoms with Crippen LogP contribution in [0.2, 0.25) is 0 Å². The first kappa shape index (κ1) is 32.0. The number of aryl methyl sites for hydroxylation is 2. The fraction of sp³-hybridized carbons (Fsp3) is 0.316. The van der Waals surface area contributed by atoms with Crippen molar-refractivity contribution in [3.05, 3.63) is 112 Å². The zero-order valence-electron chi connectivity index (χ0n) is 27.9. The van der Waals surface area contributed by atoms with Gasteiger partial charge in [-0.15, -0.1) is 11.3 Å². The summed E-state index contributed by atoms with van der Waals surface area (Å²) in [4.78, 5) is 47.6. The Kier molecular flexibility index (Phi) is 8.33. The highest BCUT2D eigenvalue weighted by Gasteiger charge is 2.34. The van der Waals surface area contributed by atoms with E-state index in [1.54, 1.807) is 23.0 Å². The first-order valence-electron chi connectivity index (χ1n) is 16.2. The van der Waals surface area contributed by atoms with Crippen molar-refractivity contribution in [1.29, 1.82) is 0 Å². The van der Waals surface area contributed by atoms with Crippen LogP contribution < -0.4 is 19.6 Å². The van der Waals surface area contributed by atoms with Crippen LogP contribution in [0.1, 0.15) is 83.0 Å². The van der Waals surface area contributed by atoms with Crippen molar-refractivity contribution in [2.24, 2.45) is 4.99 Å². The molecule has 0 amide bonds. The van der Waals surface area contributed by atoms with Crippen LogP contribution in [0.3, 0.4) is 0 Å². The normalized spacial score (nSPS) is 16.1. The molecule has 0 fully saturated rings. The van der Waals surface area contributed by atoms with E-state index in [9.17, 15) is 14.4 Å². The van der Waals surface area contributed by atoms with E-state index in [0.717, 1.165) is 69.5 Å². The number of hydrogen-bond acceptors (Lipinski definition) is 8. The molecule has 7 rings (SSSR count). The molecule has 48 heavy (non-hydrogen) atoms. The molecule has 3 aromatic heterocycles. The molecular weight excluding hydrogens is 643 g/mol. The van der Waals surface area contributed by atoms with Crippen LogP contribution in [0.15, 0.2) is 63.5 Å². The van der Waals surface area contributed by atoms with Crippen LogP contribution in [-0.4, -0.2) is 34.6 Å². The number of thiazole rings is 1. The van der Waals surface area contributed by atoms with Gasteiger partial charge in [0.1, 0.15) is 10.8 Å². The van der Waals surface area contributed by atoms with E-state index < -0.39 is 6.04 Å². The number of ether oxygens (including phenoxy) is 2. The molecule has 1 atom stereocenters. The summed E-state index contributed by atoms with van der Waals surface area (Å²) in [6, 6.07) is 13.1. The van der Waals surface area contributed by atoms with Crippen molar-refractivity contribution in [1.82, 2.24) is 9.13 Å². The Bertz CT molecular complexity index is 2370. The molecule has 0 spiro atoms. The molecule has 1 aliphatic heterocycles. The van der Waals surface area contributed by atoms with Crippen molar-refractivity contribution >= 4 is 51.3 Å². The molecule has 0 saturated heterocycles. The van der Waals surface area contributed by atoms with Crippen molar-refractivity contribution in [2.75, 3.05) is 13.7 Å². The topological polar surface area (TPSA) is 91.9 Å². The average Bonchev–Trinajstić information content (AvgIpc) is 3.69. The Hall–Kier alpha value is -4.54. The zero-order valence-corrected chi connectivity index (χ0v) is 29.6. The highest BCUT2D eigenvalue weighted by atomic mass is 32.1. The second-order valence-electron chi connectivity index (χ2n) is 12.3. The number of methoxy groups -OCH3 is 1. The Labute approximate surface area is 286 Å². The third-order valence-electron chi connectivity index (χ3n) is 9.42. The maximum Gasteiger partial charge on any atom is 0.341 e. The third kappa shape index (κ3) is 5.09. The molecule has 0 bridgehead atoms. The number of esters is 1. The van der Waals surface area contributed by atoms with Gasteiger partial charge in [0.15, 0.2) is 10.6 Å². The van der Waals surface area contributed by atoms with Gasteiger partial charge in [0.05, 0.1) is 29.9 Å². The number of ketones is 1. The van der Waals surface area contributed by atoms with Crippen molar-refractivity contribution < 1.29 is 19.1 Å². The predicted molar refractivity (Wildman–Crippen MR) is 191 cm³/mol. The van der Waals surface area contributed by atoms with Gasteiger partial charge in [0, 0.05) is 33.1 Å². The summed E-state index contributed by atoms with van der Waals surface area (Å²) in [7, 11) is 1.61. The number of hydrogen-bond donors (Lipinski definition) is 0. The van der Waals surface area contributed by atoms with Crippen LogP contribution in [0.25, 0.3) is 21.8 Å². The maximum atomic E-state index is 14.5. The largest absolute Gasteiger partial charge is 0.496 e. The second-order valence-corrected chi connectivity index (χ2v) is 14.4. The number of Topliss-reactive ketones (excluding diaryl/α,β-unsaturated/α-hetero) is 1. The average molecular weight is 680 g/mol. The Morgan fingerprint density at radius 3 is 2.58 bits per heavy atom. The van der Waals surface area contributed by atoms with Crippen molar-refractivity contribution in [3.8, 4) is 10.8 Å². The van der Waals surface area contributed by atoms with Gasteiger partial charge in [-0.05, 0) is 100 Å². The van der Waals surface area contributed by atoms with E-state index in [0.29, 0.717) is 38.5 Å². The fourth-order valence-corrected chi connectivity index (χ4v) is 9.81. The second kappa shape index (κ2) is 12.5. The van der Waals surface area contributed by atoms with E-state index in [-0.39, 0.29) is 17.3 Å². The van der Waals surface area contributed by atoms with E-state index in [2.05, 4.69) is 10.6 Å². The minimum absolute atomic E-state index is 0.148. The molecule has 0 unspecified atom stereocenters. The number of allylic oxidation sites excluding steroid dienone is 2. The maximum absolute atomic E-state index is 14.5. The number of thiophene rings is 1. The van der Waals surface area contributed by atoms with Gasteiger partial charge in [0.2, 0.25) is 0 Å². The van der Waals surface area contributed by atoms with E-state index in [1.807, 2.05) is 70.2 Å². The number of carbonyl (C=O) groups excluding carboxylic acids is 2. The predicted octanol–water partition coefficient (Wildman–Crippen LogP) is 6.51. The van der Waals surface area contributed by atoms with E-state index in [4.69, 9.17) is 14.5 Å². The summed E-state index contributed by atoms with van der Waals surface area (Å²) < 4.78 is 15.7. The lowest BCUT2D eigenvalue weighted by Gasteiger charge is -2.27. The molecule has 2 aliphatic rings. The highest BCUT2D eigenvalue weighted by molar-refractivity contribution is 7.15. The molecule has 2 aromatic carbocycles. The highest BCUT2D eigenvalue weighted by Crippen LogP contribution is 2.41. The van der Waals surface area contributed by atoms with Gasteiger partial charge in [-0.1, -0.05) is 41.7 Å². The third-order valence-corrected chi connectivity index (χ3v) is 11.7. The van der Waals surface area contributed by atoms with Gasteiger partial charge in [-0.2, -0.15) is 0 Å². The summed E-state index contributed by atoms with van der Waals surface area (Å²) in [5.74, 6) is 0.168. The quantitative estimate of drug-likeness (QED) is 0.183. The summed E-state index contributed by atoms with van der Waals surface area (Å²) >= 11 is 2.98. The lowest BCUT2D eigenvalue weighted by Crippen LogP contribution is -2.39. The monoisotopic (exact) mass is 679 g/mol. The van der Waals surface area contributed by atoms with E-state index >= 15 is 0 Å². The zero-order chi connectivity index (χ0) is 33.9. The molecule has 8 nitrogen and oxygen atoms in total. The molecule has 5 aromatic rings. The number of nitrogens with zero attached hydrogens (tertiary/aromatic N) is 3. The SMILES string of the molecule is CCOC(=O)c1c(-n2c(C)cc(/C=c3/sc4n(c3=O)[C@@H](c3c(OC)ccc5ccccc35)C(C(C)=O)=C(C)N=4)c2C)sc2c1CCCC2. The minimum Gasteiger partial charge on any atom is -0.496 e. The Morgan fingerprint density at radius 2 is 1.83 bits per heavy atom. The van der Waals surface area contributed by atoms with Crippen LogP contribution in [0.5, 0.6) is 5.75 Å². The van der Waals surface area contributed by atoms with Gasteiger partial charge in [-0.3, -0.25) is 14.2 Å². The number of benzene rings is 2. The number of aromatic nitrogens is 2. The van der Waals surface area contributed by atoms with Crippen molar-refractivity contribution in [2.45, 2.75) is 66.3 Å². The Morgan fingerprint density at radius 1 is 1.06 bits per heavy atom. The molecule has 0 radical (unpaired) electrons. The molecule has 0 N–H and O–H groups in total. The van der Waals surface area contributed by atoms with Crippen molar-refractivity contribution in [3.63, 3.8) is 0 Å². The standard InChI is InChI=1S/C38H37N3O5S2/c1-7-46-37(44)33-27-14-10-11-15-29(27)47-36(33)40-20(2)18-25(22(40)4)19-30-35(43)41-34(31(23(5)42)21(3)39-38(41)48-30)32-26-13-9-8-12-24(26)16-17-28(32)45-6/h8-9,12-13,16-19,34H,7,10-11,14-15H2,1-6H3/b30-19+/t34-/m1/s1. The number of fused-ring (bicyclic) bond motifs is 3. The van der Waals surface area contributed by atoms with Gasteiger partial charge in [0.25, 0.3) is 5.56 Å². The lowest BCUT2D eigenvalue weighted by atomic mass is 9.89. The lowest BCUT2D eigenvalue weighted by molar-refractivity contribution is -0.114. The molecule has 4 heterocycles. The molecular formula is C38H37N3O5S2. The summed E-state index contributed by atoms with van der Waals surface area (Å²) in [5.41, 5.74) is 6.13. The van der Waals surface area contributed by atoms with Gasteiger partial charge in [-0.25, -0.2) is 9.79 Å². The van der Waals surface area contributed by atoms with E-state index in [1.165, 1.54) is 23.1 Å². The fourth-order valence-electron chi connectivity index (χ4n) is 7.29. The number of rotatable bonds is 7. The van der Waals surface area contributed by atoms with Crippen LogP contribution >= 0.6 is 22.7 Å². The minimum atomic E-state index is -0.709. The number of carbonyl (C=O) groups is 2. The molecule has 246 valence electrons. The van der Waals surface area contributed by atoms with Gasteiger partial charge >= 0.3 is 5.97 Å². The summed E-state index contributed by atoms with van der Waals surface area (Å²) in [5, 5.41) is 2.77.